The number of rotatable bonds is 64. The predicted molar refractivity (Wildman–Crippen MR) is 346 cm³/mol. The third-order valence-corrected chi connectivity index (χ3v) is 17.5. The van der Waals surface area contributed by atoms with Gasteiger partial charge in [0.2, 0.25) is 5.91 Å². The molecule has 1 amide bonds. The van der Waals surface area contributed by atoms with E-state index in [4.69, 9.17) is 9.47 Å². The number of ether oxygens (including phenoxy) is 2. The van der Waals surface area contributed by atoms with Crippen molar-refractivity contribution in [1.29, 1.82) is 0 Å². The minimum atomic E-state index is -1.57. The van der Waals surface area contributed by atoms with Gasteiger partial charge in [0.25, 0.3) is 0 Å². The second-order valence-electron chi connectivity index (χ2n) is 25.4. The fourth-order valence-electron chi connectivity index (χ4n) is 11.9. The molecule has 7 unspecified atom stereocenters. The van der Waals surface area contributed by atoms with Crippen molar-refractivity contribution in [2.24, 2.45) is 0 Å². The molecule has 0 bridgehead atoms. The van der Waals surface area contributed by atoms with Gasteiger partial charge in [-0.15, -0.1) is 0 Å². The highest BCUT2D eigenvalue weighted by atomic mass is 16.7. The van der Waals surface area contributed by atoms with Crippen LogP contribution in [0.5, 0.6) is 0 Å². The molecule has 1 heterocycles. The summed E-state index contributed by atoms with van der Waals surface area (Å²) in [6.45, 7) is 3.84. The van der Waals surface area contributed by atoms with E-state index in [9.17, 15) is 30.3 Å². The van der Waals surface area contributed by atoms with Crippen molar-refractivity contribution >= 4 is 5.91 Å². The molecule has 0 aromatic rings. The molecule has 0 radical (unpaired) electrons. The molecule has 1 rings (SSSR count). The van der Waals surface area contributed by atoms with Gasteiger partial charge in [0.15, 0.2) is 6.29 Å². The van der Waals surface area contributed by atoms with Gasteiger partial charge >= 0.3 is 0 Å². The maximum absolute atomic E-state index is 13.1. The van der Waals surface area contributed by atoms with Crippen LogP contribution in [0.1, 0.15) is 373 Å². The maximum Gasteiger partial charge on any atom is 0.220 e. The molecule has 1 fully saturated rings. The first-order valence-corrected chi connectivity index (χ1v) is 36.1. The second-order valence-corrected chi connectivity index (χ2v) is 25.4. The van der Waals surface area contributed by atoms with Crippen LogP contribution in [0.3, 0.4) is 0 Å². The molecule has 9 nitrogen and oxygen atoms in total. The van der Waals surface area contributed by atoms with Gasteiger partial charge < -0.3 is 40.3 Å². The topological polar surface area (TPSA) is 149 Å². The lowest BCUT2D eigenvalue weighted by atomic mass is 9.99. The lowest BCUT2D eigenvalue weighted by Crippen LogP contribution is -2.60. The fraction of sp³-hybridized carbons (Fsp3) is 0.931. The monoisotopic (exact) mass is 1150 g/mol. The van der Waals surface area contributed by atoms with Crippen molar-refractivity contribution in [3.05, 3.63) is 24.3 Å². The standard InChI is InChI=1S/C72H139NO8/c1-3-5-7-9-11-13-15-17-19-21-23-25-26-27-28-29-30-31-32-33-34-35-36-37-38-39-40-42-44-46-48-50-52-54-56-58-60-62-68(76)73-65(64-80-72-71(79)70(78)69(77)67(63-74)81-72)66(75)61-59-57-55-53-51-49-47-45-43-41-24-22-20-18-16-14-12-10-8-6-4-2/h31-32,59,61,65-67,69-72,74-75,77-79H,3-30,33-58,60,62-64H2,1-2H3,(H,73,76)/b32-31-,61-59+. The van der Waals surface area contributed by atoms with Gasteiger partial charge in [0, 0.05) is 6.42 Å². The first-order chi connectivity index (χ1) is 39.8. The Kier molecular flexibility index (Phi) is 59.2. The van der Waals surface area contributed by atoms with Gasteiger partial charge in [-0.3, -0.25) is 4.79 Å². The summed E-state index contributed by atoms with van der Waals surface area (Å²) in [5, 5.41) is 54.7. The number of carbonyl (C=O) groups excluding carboxylic acids is 1. The van der Waals surface area contributed by atoms with Gasteiger partial charge in [0.1, 0.15) is 24.4 Å². The van der Waals surface area contributed by atoms with Crippen LogP contribution in [0.2, 0.25) is 0 Å². The SMILES string of the molecule is CCCCCCCCCCCCCCCCCC/C=C\CCCCCCCCCCCCCCCCCCCC(=O)NC(COC1OC(CO)C(O)C(O)C1O)C(O)/C=C/CCCCCCCCCCCCCCCCCCCCC. The molecule has 1 aliphatic rings. The van der Waals surface area contributed by atoms with E-state index in [0.29, 0.717) is 6.42 Å². The van der Waals surface area contributed by atoms with E-state index in [1.807, 2.05) is 6.08 Å². The Morgan fingerprint density at radius 2 is 0.691 bits per heavy atom. The normalized spacial score (nSPS) is 18.4. The Morgan fingerprint density at radius 1 is 0.407 bits per heavy atom. The zero-order valence-corrected chi connectivity index (χ0v) is 53.8. The minimum Gasteiger partial charge on any atom is -0.394 e. The summed E-state index contributed by atoms with van der Waals surface area (Å²) >= 11 is 0. The summed E-state index contributed by atoms with van der Waals surface area (Å²) in [5.41, 5.74) is 0. The molecule has 0 aliphatic carbocycles. The van der Waals surface area contributed by atoms with E-state index in [2.05, 4.69) is 31.3 Å². The van der Waals surface area contributed by atoms with Crippen molar-refractivity contribution in [2.45, 2.75) is 416 Å². The molecule has 81 heavy (non-hydrogen) atoms. The Bertz CT molecular complexity index is 1330. The summed E-state index contributed by atoms with van der Waals surface area (Å²) in [4.78, 5) is 13.1. The predicted octanol–water partition coefficient (Wildman–Crippen LogP) is 19.6. The highest BCUT2D eigenvalue weighted by molar-refractivity contribution is 5.76. The molecule has 1 saturated heterocycles. The van der Waals surface area contributed by atoms with Gasteiger partial charge in [-0.1, -0.05) is 346 Å². The summed E-state index contributed by atoms with van der Waals surface area (Å²) in [5.74, 6) is -0.169. The van der Waals surface area contributed by atoms with E-state index in [1.54, 1.807) is 6.08 Å². The Morgan fingerprint density at radius 3 is 1.00 bits per heavy atom. The molecule has 0 saturated carbocycles. The molecule has 0 aromatic heterocycles. The van der Waals surface area contributed by atoms with Crippen molar-refractivity contribution in [3.8, 4) is 0 Å². The third kappa shape index (κ3) is 50.5. The van der Waals surface area contributed by atoms with E-state index in [1.165, 1.54) is 315 Å². The molecular weight excluding hydrogens is 1010 g/mol. The third-order valence-electron chi connectivity index (χ3n) is 17.5. The average Bonchev–Trinajstić information content (AvgIpc) is 3.49. The van der Waals surface area contributed by atoms with Crippen LogP contribution in [-0.2, 0) is 14.3 Å². The Balaban J connectivity index is 2.07. The first-order valence-electron chi connectivity index (χ1n) is 36.1. The maximum atomic E-state index is 13.1. The average molecular weight is 1150 g/mol. The number of amides is 1. The zero-order valence-electron chi connectivity index (χ0n) is 53.8. The lowest BCUT2D eigenvalue weighted by Gasteiger charge is -2.40. The summed E-state index contributed by atoms with van der Waals surface area (Å²) < 4.78 is 11.3. The molecule has 0 spiro atoms. The summed E-state index contributed by atoms with van der Waals surface area (Å²) in [6.07, 6.45) is 74.4. The molecular formula is C72H139NO8. The van der Waals surface area contributed by atoms with E-state index in [-0.39, 0.29) is 12.5 Å². The van der Waals surface area contributed by atoms with Crippen LogP contribution in [0.25, 0.3) is 0 Å². The molecule has 0 aromatic carbocycles. The van der Waals surface area contributed by atoms with Gasteiger partial charge in [-0.25, -0.2) is 0 Å². The highest BCUT2D eigenvalue weighted by Crippen LogP contribution is 2.24. The quantitative estimate of drug-likeness (QED) is 0.0261. The minimum absolute atomic E-state index is 0.169. The first kappa shape index (κ1) is 77.7. The number of unbranched alkanes of at least 4 members (excludes halogenated alkanes) is 52. The van der Waals surface area contributed by atoms with Crippen LogP contribution in [0.4, 0.5) is 0 Å². The summed E-state index contributed by atoms with van der Waals surface area (Å²) in [6, 6.07) is -0.804. The Hall–Kier alpha value is -1.33. The number of hydrogen-bond acceptors (Lipinski definition) is 8. The van der Waals surface area contributed by atoms with Crippen molar-refractivity contribution < 1.29 is 39.8 Å². The van der Waals surface area contributed by atoms with Gasteiger partial charge in [0.05, 0.1) is 25.4 Å². The molecule has 1 aliphatic heterocycles. The van der Waals surface area contributed by atoms with Crippen molar-refractivity contribution in [1.82, 2.24) is 5.32 Å². The lowest BCUT2D eigenvalue weighted by molar-refractivity contribution is -0.302. The smallest absolute Gasteiger partial charge is 0.220 e. The van der Waals surface area contributed by atoms with Crippen LogP contribution in [-0.4, -0.2) is 87.5 Å². The Labute approximate surface area is 502 Å². The van der Waals surface area contributed by atoms with Crippen LogP contribution < -0.4 is 5.32 Å². The number of aliphatic hydroxyl groups excluding tert-OH is 5. The number of carbonyl (C=O) groups is 1. The summed E-state index contributed by atoms with van der Waals surface area (Å²) in [7, 11) is 0. The van der Waals surface area contributed by atoms with E-state index in [0.717, 1.165) is 38.5 Å². The zero-order chi connectivity index (χ0) is 58.6. The second kappa shape index (κ2) is 61.7. The van der Waals surface area contributed by atoms with E-state index >= 15 is 0 Å². The molecule has 9 heteroatoms. The number of allylic oxidation sites excluding steroid dienone is 3. The van der Waals surface area contributed by atoms with E-state index < -0.39 is 49.5 Å². The van der Waals surface area contributed by atoms with Gasteiger partial charge in [-0.05, 0) is 44.9 Å². The number of nitrogens with one attached hydrogen (secondary N) is 1. The highest BCUT2D eigenvalue weighted by Gasteiger charge is 2.44. The van der Waals surface area contributed by atoms with Gasteiger partial charge in [-0.2, -0.15) is 0 Å². The molecule has 7 atom stereocenters. The van der Waals surface area contributed by atoms with Crippen LogP contribution >= 0.6 is 0 Å². The fourth-order valence-corrected chi connectivity index (χ4v) is 11.9. The van der Waals surface area contributed by atoms with Crippen LogP contribution in [0.15, 0.2) is 24.3 Å². The van der Waals surface area contributed by atoms with Crippen molar-refractivity contribution in [3.63, 3.8) is 0 Å². The largest absolute Gasteiger partial charge is 0.394 e. The number of hydrogen-bond donors (Lipinski definition) is 6. The molecule has 480 valence electrons. The number of aliphatic hydroxyl groups is 5. The van der Waals surface area contributed by atoms with Crippen LogP contribution in [0, 0.1) is 0 Å². The molecule has 6 N–H and O–H groups in total. The van der Waals surface area contributed by atoms with Crippen molar-refractivity contribution in [2.75, 3.05) is 13.2 Å².